The first kappa shape index (κ1) is 14.4. The second-order valence-electron chi connectivity index (χ2n) is 9.03. The molecule has 0 amide bonds. The fourth-order valence-electron chi connectivity index (χ4n) is 7.01. The van der Waals surface area contributed by atoms with Gasteiger partial charge in [-0.1, -0.05) is 19.4 Å². The lowest BCUT2D eigenvalue weighted by molar-refractivity contribution is -0.128. The maximum Gasteiger partial charge on any atom is 0.155 e. The smallest absolute Gasteiger partial charge is 0.155 e. The summed E-state index contributed by atoms with van der Waals surface area (Å²) in [6, 6.07) is 0. The molecule has 3 saturated carbocycles. The third-order valence-corrected chi connectivity index (χ3v) is 8.20. The van der Waals surface area contributed by atoms with E-state index in [0.717, 1.165) is 32.1 Å². The summed E-state index contributed by atoms with van der Waals surface area (Å²) in [7, 11) is 0. The zero-order valence-electron chi connectivity index (χ0n) is 15.7. The molecule has 7 atom stereocenters. The van der Waals surface area contributed by atoms with Gasteiger partial charge in [-0.2, -0.15) is 0 Å². The molecule has 0 aromatic heterocycles. The van der Waals surface area contributed by atoms with Crippen LogP contribution in [-0.2, 0) is 9.59 Å². The Bertz CT molecular complexity index is 623. The molecule has 23 heavy (non-hydrogen) atoms. The Labute approximate surface area is 141 Å². The monoisotopic (exact) mass is 315 g/mol. The highest BCUT2D eigenvalue weighted by Gasteiger charge is 2.59. The van der Waals surface area contributed by atoms with Gasteiger partial charge in [-0.3, -0.25) is 9.59 Å². The van der Waals surface area contributed by atoms with Crippen LogP contribution in [0, 0.1) is 34.5 Å². The van der Waals surface area contributed by atoms with Crippen molar-refractivity contribution >= 4 is 11.6 Å². The van der Waals surface area contributed by atoms with Crippen molar-refractivity contribution in [2.45, 2.75) is 72.1 Å². The first-order valence-electron chi connectivity index (χ1n) is 10.0. The van der Waals surface area contributed by atoms with Gasteiger partial charge in [0, 0.05) is 13.7 Å². The fraction of sp³-hybridized carbons (Fsp3) is 0.810. The molecule has 0 radical (unpaired) electrons. The van der Waals surface area contributed by atoms with E-state index >= 15 is 0 Å². The molecule has 0 bridgehead atoms. The highest BCUT2D eigenvalue weighted by Crippen LogP contribution is 2.66. The molecule has 0 aliphatic heterocycles. The standard InChI is InChI=1S/C21H30O2/c1-13(22)17-6-7-18-16-5-4-14-12-15(23)8-10-20(14,2)19(16)9-11-21(17,18)3/h12,16-19H,4-11H2,1-3H3/t16-,17+,18-,19-,20-,21+/m0/s1/i10D/t10?,16-,17+,18-,19-,20-,21+. The van der Waals surface area contributed by atoms with Crippen molar-refractivity contribution in [3.05, 3.63) is 11.6 Å². The van der Waals surface area contributed by atoms with E-state index in [1.165, 1.54) is 12.0 Å². The highest BCUT2D eigenvalue weighted by molar-refractivity contribution is 5.91. The lowest BCUT2D eigenvalue weighted by Gasteiger charge is -2.58. The number of ketones is 2. The summed E-state index contributed by atoms with van der Waals surface area (Å²) in [5.41, 5.74) is 1.31. The summed E-state index contributed by atoms with van der Waals surface area (Å²) in [6.07, 6.45) is 8.59. The van der Waals surface area contributed by atoms with Gasteiger partial charge in [-0.05, 0) is 86.5 Å². The van der Waals surface area contributed by atoms with Crippen LogP contribution in [0.2, 0.25) is 0 Å². The van der Waals surface area contributed by atoms with Crippen molar-refractivity contribution in [3.63, 3.8) is 0 Å². The minimum absolute atomic E-state index is 0.119. The number of carbonyl (C=O) groups excluding carboxylic acids is 2. The Kier molecular flexibility index (Phi) is 3.16. The molecule has 2 heteroatoms. The topological polar surface area (TPSA) is 34.1 Å². The molecule has 4 aliphatic rings. The number of hydrogen-bond donors (Lipinski definition) is 0. The van der Waals surface area contributed by atoms with E-state index in [1.807, 2.05) is 6.08 Å². The van der Waals surface area contributed by atoms with Crippen LogP contribution in [0.5, 0.6) is 0 Å². The molecule has 0 spiro atoms. The summed E-state index contributed by atoms with van der Waals surface area (Å²) in [4.78, 5) is 24.1. The van der Waals surface area contributed by atoms with Crippen LogP contribution in [0.3, 0.4) is 0 Å². The number of rotatable bonds is 1. The second-order valence-corrected chi connectivity index (χ2v) is 9.03. The van der Waals surface area contributed by atoms with Gasteiger partial charge in [0.2, 0.25) is 0 Å². The van der Waals surface area contributed by atoms with Gasteiger partial charge in [-0.25, -0.2) is 0 Å². The van der Waals surface area contributed by atoms with Crippen molar-refractivity contribution in [2.75, 3.05) is 0 Å². The molecular formula is C21H30O2. The van der Waals surface area contributed by atoms with Gasteiger partial charge in [-0.15, -0.1) is 0 Å². The minimum atomic E-state index is -0.285. The quantitative estimate of drug-likeness (QED) is 0.701. The average Bonchev–Trinajstić information content (AvgIpc) is 2.86. The predicted molar refractivity (Wildman–Crippen MR) is 90.9 cm³/mol. The third kappa shape index (κ3) is 2.06. The van der Waals surface area contributed by atoms with Crippen LogP contribution in [0.25, 0.3) is 0 Å². The second kappa shape index (κ2) is 5.04. The van der Waals surface area contributed by atoms with E-state index in [9.17, 15) is 9.59 Å². The maximum absolute atomic E-state index is 12.2. The van der Waals surface area contributed by atoms with Gasteiger partial charge < -0.3 is 0 Å². The Morgan fingerprint density at radius 2 is 1.96 bits per heavy atom. The Balaban J connectivity index is 1.70. The molecular weight excluding hydrogens is 284 g/mol. The van der Waals surface area contributed by atoms with Gasteiger partial charge in [0.25, 0.3) is 0 Å². The molecule has 0 aromatic rings. The van der Waals surface area contributed by atoms with E-state index in [2.05, 4.69) is 13.8 Å². The van der Waals surface area contributed by atoms with Crippen molar-refractivity contribution in [2.24, 2.45) is 34.5 Å². The van der Waals surface area contributed by atoms with E-state index in [0.29, 0.717) is 30.0 Å². The molecule has 3 fully saturated rings. The summed E-state index contributed by atoms with van der Waals surface area (Å²) < 4.78 is 8.68. The Morgan fingerprint density at radius 3 is 2.70 bits per heavy atom. The van der Waals surface area contributed by atoms with Crippen molar-refractivity contribution in [1.82, 2.24) is 0 Å². The Morgan fingerprint density at radius 1 is 1.17 bits per heavy atom. The molecule has 126 valence electrons. The third-order valence-electron chi connectivity index (χ3n) is 8.20. The average molecular weight is 315 g/mol. The number of carbonyl (C=O) groups is 2. The molecule has 0 saturated heterocycles. The largest absolute Gasteiger partial charge is 0.300 e. The first-order valence-corrected chi connectivity index (χ1v) is 9.45. The molecule has 0 heterocycles. The van der Waals surface area contributed by atoms with E-state index < -0.39 is 0 Å². The van der Waals surface area contributed by atoms with E-state index in [1.54, 1.807) is 6.92 Å². The van der Waals surface area contributed by atoms with E-state index in [4.69, 9.17) is 1.37 Å². The van der Waals surface area contributed by atoms with E-state index in [-0.39, 0.29) is 28.9 Å². The Hall–Kier alpha value is -0.920. The SMILES string of the molecule is [2H]C1CC(=O)C=C2CC[C@H]3[C@@H]4CC[C@H](C(C)=O)[C@@]4(C)CC[C@@H]3[C@]21C. The molecule has 0 aromatic carbocycles. The lowest BCUT2D eigenvalue weighted by Crippen LogP contribution is -2.51. The van der Waals surface area contributed by atoms with Crippen molar-refractivity contribution in [3.8, 4) is 0 Å². The van der Waals surface area contributed by atoms with Gasteiger partial charge in [0.15, 0.2) is 5.78 Å². The molecule has 4 rings (SSSR count). The normalized spacial score (nSPS) is 52.8. The first-order chi connectivity index (χ1) is 11.3. The number of Topliss-reactive ketones (excluding diaryl/α,β-unsaturated/α-hetero) is 1. The number of allylic oxidation sites excluding steroid dienone is 1. The molecule has 0 N–H and O–H groups in total. The van der Waals surface area contributed by atoms with Crippen LogP contribution >= 0.6 is 0 Å². The molecule has 1 unspecified atom stereocenters. The van der Waals surface area contributed by atoms with Crippen LogP contribution in [-0.4, -0.2) is 11.6 Å². The number of hydrogen-bond acceptors (Lipinski definition) is 2. The molecule has 4 aliphatic carbocycles. The fourth-order valence-corrected chi connectivity index (χ4v) is 7.01. The summed E-state index contributed by atoms with van der Waals surface area (Å²) in [5.74, 6) is 2.57. The molecule has 2 nitrogen and oxygen atoms in total. The van der Waals surface area contributed by atoms with Crippen LogP contribution < -0.4 is 0 Å². The van der Waals surface area contributed by atoms with Crippen LogP contribution in [0.15, 0.2) is 11.6 Å². The van der Waals surface area contributed by atoms with Crippen molar-refractivity contribution < 1.29 is 11.0 Å². The zero-order valence-corrected chi connectivity index (χ0v) is 14.7. The van der Waals surface area contributed by atoms with Gasteiger partial charge >= 0.3 is 0 Å². The summed E-state index contributed by atoms with van der Waals surface area (Å²) >= 11 is 0. The predicted octanol–water partition coefficient (Wildman–Crippen LogP) is 4.72. The van der Waals surface area contributed by atoms with Crippen molar-refractivity contribution in [1.29, 1.82) is 0 Å². The lowest BCUT2D eigenvalue weighted by atomic mass is 9.47. The van der Waals surface area contributed by atoms with Gasteiger partial charge in [0.05, 0.1) is 0 Å². The zero-order chi connectivity index (χ0) is 17.3. The maximum atomic E-state index is 12.2. The highest BCUT2D eigenvalue weighted by atomic mass is 16.1. The minimum Gasteiger partial charge on any atom is -0.300 e. The van der Waals surface area contributed by atoms with Gasteiger partial charge in [0.1, 0.15) is 5.78 Å². The van der Waals surface area contributed by atoms with Crippen LogP contribution in [0.4, 0.5) is 0 Å². The van der Waals surface area contributed by atoms with Crippen LogP contribution in [0.1, 0.15) is 73.5 Å². The summed E-state index contributed by atoms with van der Waals surface area (Å²) in [5, 5.41) is 0. The summed E-state index contributed by atoms with van der Waals surface area (Å²) in [6.45, 7) is 6.41. The number of fused-ring (bicyclic) bond motifs is 5.